The van der Waals surface area contributed by atoms with E-state index in [-0.39, 0.29) is 10.7 Å². The summed E-state index contributed by atoms with van der Waals surface area (Å²) in [5, 5.41) is 2.66. The Balaban J connectivity index is 2.52. The van der Waals surface area contributed by atoms with Crippen molar-refractivity contribution in [2.24, 2.45) is 5.41 Å². The lowest BCUT2D eigenvalue weighted by Crippen LogP contribution is -2.62. The number of hydrogen-bond acceptors (Lipinski definition) is 3. The first-order valence-electron chi connectivity index (χ1n) is 5.40. The zero-order valence-electron chi connectivity index (χ0n) is 10.2. The molecule has 1 fully saturated rings. The molecule has 1 heterocycles. The highest BCUT2D eigenvalue weighted by atomic mass is 35.5. The fourth-order valence-electron chi connectivity index (χ4n) is 1.66. The molecule has 0 unspecified atom stereocenters. The third kappa shape index (κ3) is 2.19. The molecule has 0 atom stereocenters. The van der Waals surface area contributed by atoms with Crippen molar-refractivity contribution in [2.75, 3.05) is 4.90 Å². The Morgan fingerprint density at radius 2 is 1.79 bits per heavy atom. The highest BCUT2D eigenvalue weighted by Gasteiger charge is 2.48. The van der Waals surface area contributed by atoms with E-state index < -0.39 is 23.3 Å². The Hall–Kier alpha value is -1.59. The summed E-state index contributed by atoms with van der Waals surface area (Å²) in [5.41, 5.74) is -1.15. The summed E-state index contributed by atoms with van der Waals surface area (Å²) >= 11 is 11.7. The molecule has 1 aliphatic heterocycles. The zero-order chi connectivity index (χ0) is 14.4. The lowest BCUT2D eigenvalue weighted by molar-refractivity contribution is -0.140. The summed E-state index contributed by atoms with van der Waals surface area (Å²) in [5.74, 6) is -1.27. The van der Waals surface area contributed by atoms with Crippen LogP contribution in [0.25, 0.3) is 0 Å². The molecule has 5 nitrogen and oxygen atoms in total. The molecule has 1 aromatic carbocycles. The number of rotatable bonds is 1. The smallest absolute Gasteiger partial charge is 0.276 e. The van der Waals surface area contributed by atoms with Crippen molar-refractivity contribution in [3.63, 3.8) is 0 Å². The molecule has 0 spiro atoms. The molecule has 0 aromatic heterocycles. The minimum absolute atomic E-state index is 0.154. The van der Waals surface area contributed by atoms with Crippen molar-refractivity contribution >= 4 is 46.7 Å². The third-order valence-electron chi connectivity index (χ3n) is 2.88. The molecule has 1 aliphatic rings. The van der Waals surface area contributed by atoms with E-state index in [1.807, 2.05) is 0 Å². The second-order valence-electron chi connectivity index (χ2n) is 4.62. The van der Waals surface area contributed by atoms with Gasteiger partial charge in [0.25, 0.3) is 0 Å². The van der Waals surface area contributed by atoms with Crippen LogP contribution in [0.4, 0.5) is 10.5 Å². The summed E-state index contributed by atoms with van der Waals surface area (Å²) < 4.78 is 0. The van der Waals surface area contributed by atoms with Gasteiger partial charge >= 0.3 is 6.03 Å². The first-order valence-corrected chi connectivity index (χ1v) is 6.16. The molecule has 0 bridgehead atoms. The Morgan fingerprint density at radius 3 is 2.37 bits per heavy atom. The maximum absolute atomic E-state index is 12.3. The van der Waals surface area contributed by atoms with Crippen LogP contribution in [0.3, 0.4) is 0 Å². The third-order valence-corrected chi connectivity index (χ3v) is 3.42. The van der Waals surface area contributed by atoms with Gasteiger partial charge in [0.2, 0.25) is 11.8 Å². The average Bonchev–Trinajstić information content (AvgIpc) is 2.30. The first-order chi connectivity index (χ1) is 8.75. The van der Waals surface area contributed by atoms with Crippen LogP contribution in [-0.4, -0.2) is 17.8 Å². The molecule has 1 N–H and O–H groups in total. The van der Waals surface area contributed by atoms with Gasteiger partial charge in [-0.15, -0.1) is 0 Å². The number of hydrogen-bond donors (Lipinski definition) is 1. The van der Waals surface area contributed by atoms with Gasteiger partial charge in [0.05, 0.1) is 10.7 Å². The largest absolute Gasteiger partial charge is 0.335 e. The van der Waals surface area contributed by atoms with Crippen LogP contribution in [0.1, 0.15) is 13.8 Å². The first kappa shape index (κ1) is 13.8. The second-order valence-corrected chi connectivity index (χ2v) is 5.46. The summed E-state index contributed by atoms with van der Waals surface area (Å²) in [7, 11) is 0. The number of anilines is 1. The molecular formula is C12H10Cl2N2O3. The average molecular weight is 301 g/mol. The van der Waals surface area contributed by atoms with E-state index in [1.165, 1.54) is 32.0 Å². The standard InChI is InChI=1S/C12H10Cl2N2O3/c1-12(2)9(17)15-11(19)16(10(12)18)8-4-3-6(13)5-7(8)14/h3-5H,1-2H3,(H,15,17,19). The van der Waals surface area contributed by atoms with Crippen molar-refractivity contribution in [1.82, 2.24) is 5.32 Å². The normalized spacial score (nSPS) is 18.5. The molecule has 4 amide bonds. The zero-order valence-corrected chi connectivity index (χ0v) is 11.7. The quantitative estimate of drug-likeness (QED) is 0.811. The molecule has 0 radical (unpaired) electrons. The van der Waals surface area contributed by atoms with Gasteiger partial charge in [-0.05, 0) is 32.0 Å². The van der Waals surface area contributed by atoms with Gasteiger partial charge in [0.15, 0.2) is 0 Å². The SMILES string of the molecule is CC1(C)C(=O)NC(=O)N(c2ccc(Cl)cc2Cl)C1=O. The number of benzene rings is 1. The van der Waals surface area contributed by atoms with Crippen LogP contribution in [0.5, 0.6) is 0 Å². The predicted molar refractivity (Wildman–Crippen MR) is 71.3 cm³/mol. The van der Waals surface area contributed by atoms with Crippen molar-refractivity contribution in [1.29, 1.82) is 0 Å². The van der Waals surface area contributed by atoms with Crippen molar-refractivity contribution < 1.29 is 14.4 Å². The lowest BCUT2D eigenvalue weighted by atomic mass is 9.88. The number of amides is 4. The van der Waals surface area contributed by atoms with E-state index in [0.29, 0.717) is 5.02 Å². The van der Waals surface area contributed by atoms with E-state index in [4.69, 9.17) is 23.2 Å². The monoisotopic (exact) mass is 300 g/mol. The Bertz CT molecular complexity index is 599. The van der Waals surface area contributed by atoms with E-state index in [2.05, 4.69) is 5.32 Å². The van der Waals surface area contributed by atoms with Gasteiger partial charge in [-0.3, -0.25) is 14.9 Å². The van der Waals surface area contributed by atoms with E-state index in [1.54, 1.807) is 0 Å². The molecule has 19 heavy (non-hydrogen) atoms. The molecule has 1 saturated heterocycles. The number of carbonyl (C=O) groups excluding carboxylic acids is 3. The number of halogens is 2. The van der Waals surface area contributed by atoms with Crippen molar-refractivity contribution in [3.05, 3.63) is 28.2 Å². The van der Waals surface area contributed by atoms with E-state index in [9.17, 15) is 14.4 Å². The van der Waals surface area contributed by atoms with Gasteiger partial charge in [0.1, 0.15) is 5.41 Å². The highest BCUT2D eigenvalue weighted by Crippen LogP contribution is 2.33. The van der Waals surface area contributed by atoms with Gasteiger partial charge in [-0.25, -0.2) is 9.69 Å². The minimum Gasteiger partial charge on any atom is -0.276 e. The van der Waals surface area contributed by atoms with Crippen LogP contribution < -0.4 is 10.2 Å². The van der Waals surface area contributed by atoms with Crippen LogP contribution >= 0.6 is 23.2 Å². The molecule has 0 saturated carbocycles. The summed E-state index contributed by atoms with van der Waals surface area (Å²) in [4.78, 5) is 36.5. The van der Waals surface area contributed by atoms with Crippen LogP contribution in [0.2, 0.25) is 10.0 Å². The van der Waals surface area contributed by atoms with Crippen LogP contribution in [-0.2, 0) is 9.59 Å². The molecular weight excluding hydrogens is 291 g/mol. The number of nitrogens with one attached hydrogen (secondary N) is 1. The summed E-state index contributed by atoms with van der Waals surface area (Å²) in [6, 6.07) is 3.56. The van der Waals surface area contributed by atoms with Gasteiger partial charge in [-0.2, -0.15) is 0 Å². The summed E-state index contributed by atoms with van der Waals surface area (Å²) in [6.07, 6.45) is 0. The topological polar surface area (TPSA) is 66.5 Å². The van der Waals surface area contributed by atoms with Crippen LogP contribution in [0.15, 0.2) is 18.2 Å². The molecule has 7 heteroatoms. The number of nitrogens with zero attached hydrogens (tertiary/aromatic N) is 1. The number of urea groups is 1. The Kier molecular flexibility index (Phi) is 3.28. The minimum atomic E-state index is -1.34. The number of barbiturate groups is 1. The molecule has 0 aliphatic carbocycles. The van der Waals surface area contributed by atoms with E-state index in [0.717, 1.165) is 4.90 Å². The highest BCUT2D eigenvalue weighted by molar-refractivity contribution is 6.39. The van der Waals surface area contributed by atoms with Gasteiger partial charge in [-0.1, -0.05) is 23.2 Å². The maximum Gasteiger partial charge on any atom is 0.335 e. The van der Waals surface area contributed by atoms with Crippen LogP contribution in [0, 0.1) is 5.41 Å². The van der Waals surface area contributed by atoms with Crippen molar-refractivity contribution in [2.45, 2.75) is 13.8 Å². The molecule has 1 aromatic rings. The lowest BCUT2D eigenvalue weighted by Gasteiger charge is -2.34. The van der Waals surface area contributed by atoms with Gasteiger partial charge in [0, 0.05) is 5.02 Å². The Morgan fingerprint density at radius 1 is 1.16 bits per heavy atom. The second kappa shape index (κ2) is 4.51. The Labute approximate surface area is 119 Å². The number of carbonyl (C=O) groups is 3. The number of imide groups is 2. The van der Waals surface area contributed by atoms with Crippen molar-refractivity contribution in [3.8, 4) is 0 Å². The predicted octanol–water partition coefficient (Wildman–Crippen LogP) is 2.60. The fraction of sp³-hybridized carbons (Fsp3) is 0.250. The van der Waals surface area contributed by atoms with Gasteiger partial charge < -0.3 is 0 Å². The molecule has 2 rings (SSSR count). The van der Waals surface area contributed by atoms with E-state index >= 15 is 0 Å². The fourth-order valence-corrected chi connectivity index (χ4v) is 2.15. The summed E-state index contributed by atoms with van der Waals surface area (Å²) in [6.45, 7) is 2.88. The molecule has 100 valence electrons. The maximum atomic E-state index is 12.3.